The van der Waals surface area contributed by atoms with E-state index >= 15 is 0 Å². The van der Waals surface area contributed by atoms with Crippen molar-refractivity contribution in [1.29, 1.82) is 0 Å². The van der Waals surface area contributed by atoms with Crippen molar-refractivity contribution in [3.05, 3.63) is 0 Å². The number of rotatable bonds is 2. The Labute approximate surface area is 156 Å². The zero-order valence-corrected chi connectivity index (χ0v) is 16.1. The molecule has 2 rings (SSSR count). The van der Waals surface area contributed by atoms with Crippen LogP contribution in [0.1, 0.15) is 12.8 Å². The third-order valence-corrected chi connectivity index (χ3v) is 3.00. The molecule has 0 bridgehead atoms. The molecule has 0 aromatic heterocycles. The van der Waals surface area contributed by atoms with Gasteiger partial charge in [-0.2, -0.15) is 0 Å². The summed E-state index contributed by atoms with van der Waals surface area (Å²) in [5.74, 6) is -1.18. The quantitative estimate of drug-likeness (QED) is 0.222. The fraction of sp³-hybridized carbons (Fsp3) is 0.833. The molecule has 0 amide bonds. The second kappa shape index (κ2) is 15.7. The number of carbonyl (C=O) groups is 2. The predicted octanol–water partition coefficient (Wildman–Crippen LogP) is -1.67. The molecule has 6 N–H and O–H groups in total. The van der Waals surface area contributed by atoms with E-state index in [-0.39, 0.29) is 12.0 Å². The molecular weight excluding hydrogens is 403 g/mol. The SMILES string of the molecule is CO.COC(=O)[C@@H]1C[C@@H](O)CN1.O=C(O)[C@@H]1C[C@@H](O)CN1.O=S(Cl)Cl. The van der Waals surface area contributed by atoms with Crippen LogP contribution in [0.3, 0.4) is 0 Å². The van der Waals surface area contributed by atoms with Gasteiger partial charge in [-0.1, -0.05) is 0 Å². The average Bonchev–Trinajstić information content (AvgIpc) is 3.17. The van der Waals surface area contributed by atoms with Gasteiger partial charge in [0, 0.05) is 54.4 Å². The molecule has 0 aliphatic carbocycles. The number of halogens is 2. The number of β-amino-alcohol motifs (C(OH)–C–C–N with tert-alkyl or cyclic N) is 2. The zero-order valence-electron chi connectivity index (χ0n) is 13.7. The van der Waals surface area contributed by atoms with E-state index in [0.717, 1.165) is 7.11 Å². The molecule has 2 heterocycles. The first-order valence-electron chi connectivity index (χ1n) is 6.99. The van der Waals surface area contributed by atoms with Crippen molar-refractivity contribution in [3.8, 4) is 0 Å². The van der Waals surface area contributed by atoms with E-state index in [2.05, 4.69) is 36.7 Å². The molecule has 2 fully saturated rings. The highest BCUT2D eigenvalue weighted by Crippen LogP contribution is 2.06. The number of nitrogens with one attached hydrogen (secondary N) is 2. The van der Waals surface area contributed by atoms with Gasteiger partial charge >= 0.3 is 11.9 Å². The van der Waals surface area contributed by atoms with Gasteiger partial charge in [0.05, 0.1) is 19.3 Å². The van der Waals surface area contributed by atoms with Crippen LogP contribution in [0, 0.1) is 0 Å². The lowest BCUT2D eigenvalue weighted by Gasteiger charge is -2.05. The van der Waals surface area contributed by atoms with E-state index in [1.54, 1.807) is 0 Å². The minimum Gasteiger partial charge on any atom is -0.480 e. The third kappa shape index (κ3) is 14.3. The highest BCUT2D eigenvalue weighted by molar-refractivity contribution is 8.26. The first kappa shape index (κ1) is 26.7. The Morgan fingerprint density at radius 3 is 1.60 bits per heavy atom. The summed E-state index contributed by atoms with van der Waals surface area (Å²) in [6.07, 6.45) is -0.0858. The Hall–Kier alpha value is -0.530. The number of hydrogen-bond donors (Lipinski definition) is 6. The van der Waals surface area contributed by atoms with E-state index in [9.17, 15) is 9.59 Å². The van der Waals surface area contributed by atoms with Crippen LogP contribution < -0.4 is 10.6 Å². The number of methoxy groups -OCH3 is 1. The largest absolute Gasteiger partial charge is 0.480 e. The van der Waals surface area contributed by atoms with Crippen LogP contribution in [0.25, 0.3) is 0 Å². The molecular formula is C12H24Cl2N2O8S. The molecule has 0 spiro atoms. The number of aliphatic hydroxyl groups is 3. The lowest BCUT2D eigenvalue weighted by Crippen LogP contribution is -2.31. The molecule has 150 valence electrons. The number of aliphatic hydroxyl groups excluding tert-OH is 3. The van der Waals surface area contributed by atoms with Crippen LogP contribution in [-0.4, -0.2) is 88.2 Å². The summed E-state index contributed by atoms with van der Waals surface area (Å²) in [7, 11) is 9.70. The van der Waals surface area contributed by atoms with Crippen molar-refractivity contribution in [2.24, 2.45) is 0 Å². The molecule has 2 saturated heterocycles. The lowest BCUT2D eigenvalue weighted by atomic mass is 10.2. The van der Waals surface area contributed by atoms with Crippen LogP contribution in [0.2, 0.25) is 0 Å². The van der Waals surface area contributed by atoms with Gasteiger partial charge in [-0.3, -0.25) is 9.59 Å². The van der Waals surface area contributed by atoms with Crippen molar-refractivity contribution in [3.63, 3.8) is 0 Å². The predicted molar refractivity (Wildman–Crippen MR) is 92.5 cm³/mol. The number of hydrogen-bond acceptors (Lipinski definition) is 9. The molecule has 0 aromatic carbocycles. The van der Waals surface area contributed by atoms with Crippen molar-refractivity contribution in [1.82, 2.24) is 10.6 Å². The first-order chi connectivity index (χ1) is 11.7. The standard InChI is InChI=1S/C6H11NO3.C5H9NO3.CH4O.Cl2OS/c1-10-6(9)5-2-4(8)3-7-5;7-3-1-4(5(8)9)6-2-3;1-2;1-4(2)3/h4-5,7-8H,2-3H2,1H3;3-4,6-7H,1-2H2,(H,8,9);2H,1H3;/t4-,5+;3-,4+;;/m11../s1. The molecule has 2 aliphatic rings. The summed E-state index contributed by atoms with van der Waals surface area (Å²) >= 11 is 0. The monoisotopic (exact) mass is 426 g/mol. The maximum atomic E-state index is 10.8. The number of carboxylic acids is 1. The number of esters is 1. The van der Waals surface area contributed by atoms with Crippen molar-refractivity contribution >= 4 is 42.5 Å². The highest BCUT2D eigenvalue weighted by atomic mass is 36.0. The first-order valence-corrected chi connectivity index (χ1v) is 9.80. The minimum atomic E-state index is -1.67. The molecule has 4 atom stereocenters. The van der Waals surface area contributed by atoms with Gasteiger partial charge in [0.15, 0.2) is 0 Å². The van der Waals surface area contributed by atoms with Gasteiger partial charge in [0.1, 0.15) is 12.1 Å². The fourth-order valence-corrected chi connectivity index (χ4v) is 1.94. The smallest absolute Gasteiger partial charge is 0.322 e. The second-order valence-corrected chi connectivity index (χ2v) is 7.27. The number of ether oxygens (including phenoxy) is 1. The Kier molecular flexibility index (Phi) is 16.8. The molecule has 10 nitrogen and oxygen atoms in total. The minimum absolute atomic E-state index is 0.295. The van der Waals surface area contributed by atoms with Gasteiger partial charge in [-0.25, -0.2) is 4.21 Å². The number of carboxylic acid groups (broad SMARTS) is 1. The maximum Gasteiger partial charge on any atom is 0.322 e. The molecule has 0 aromatic rings. The summed E-state index contributed by atoms with van der Waals surface area (Å²) in [6.45, 7) is 0.886. The van der Waals surface area contributed by atoms with Crippen LogP contribution >= 0.6 is 21.4 Å². The van der Waals surface area contributed by atoms with Crippen LogP contribution in [-0.2, 0) is 23.6 Å². The number of aliphatic carboxylic acids is 1. The van der Waals surface area contributed by atoms with E-state index in [1.807, 2.05) is 0 Å². The summed E-state index contributed by atoms with van der Waals surface area (Å²) in [4.78, 5) is 20.9. The van der Waals surface area contributed by atoms with Gasteiger partial charge in [-0.15, -0.1) is 0 Å². The Morgan fingerprint density at radius 2 is 1.40 bits per heavy atom. The van der Waals surface area contributed by atoms with E-state index in [0.29, 0.717) is 25.9 Å². The average molecular weight is 427 g/mol. The van der Waals surface area contributed by atoms with Crippen LogP contribution in [0.5, 0.6) is 0 Å². The zero-order chi connectivity index (χ0) is 20.0. The molecule has 0 radical (unpaired) electrons. The van der Waals surface area contributed by atoms with Crippen molar-refractivity contribution in [2.45, 2.75) is 37.1 Å². The van der Waals surface area contributed by atoms with E-state index < -0.39 is 33.4 Å². The van der Waals surface area contributed by atoms with Gasteiger partial charge in [0.25, 0.3) is 0 Å². The summed E-state index contributed by atoms with van der Waals surface area (Å²) < 4.78 is 13.6. The molecule has 2 aliphatic heterocycles. The summed E-state index contributed by atoms with van der Waals surface area (Å²) in [5, 5.41) is 38.6. The van der Waals surface area contributed by atoms with Crippen LogP contribution in [0.4, 0.5) is 0 Å². The lowest BCUT2D eigenvalue weighted by molar-refractivity contribution is -0.143. The normalized spacial score (nSPS) is 27.0. The molecule has 0 saturated carbocycles. The van der Waals surface area contributed by atoms with Gasteiger partial charge in [0.2, 0.25) is 9.23 Å². The number of carbonyl (C=O) groups excluding carboxylic acids is 1. The van der Waals surface area contributed by atoms with Gasteiger partial charge in [-0.05, 0) is 0 Å². The Balaban J connectivity index is 0. The molecule has 25 heavy (non-hydrogen) atoms. The third-order valence-electron chi connectivity index (χ3n) is 3.00. The van der Waals surface area contributed by atoms with Crippen molar-refractivity contribution < 1.29 is 39.0 Å². The van der Waals surface area contributed by atoms with E-state index in [4.69, 9.17) is 24.6 Å². The summed E-state index contributed by atoms with van der Waals surface area (Å²) in [6, 6.07) is -0.847. The summed E-state index contributed by atoms with van der Waals surface area (Å²) in [5.41, 5.74) is 0. The topological polar surface area (TPSA) is 165 Å². The Bertz CT molecular complexity index is 415. The van der Waals surface area contributed by atoms with E-state index in [1.165, 1.54) is 7.11 Å². The Morgan fingerprint density at radius 1 is 1.04 bits per heavy atom. The second-order valence-electron chi connectivity index (χ2n) is 4.75. The fourth-order valence-electron chi connectivity index (χ4n) is 1.94. The van der Waals surface area contributed by atoms with Crippen molar-refractivity contribution in [2.75, 3.05) is 27.3 Å². The van der Waals surface area contributed by atoms with Crippen LogP contribution in [0.15, 0.2) is 0 Å². The highest BCUT2D eigenvalue weighted by Gasteiger charge is 2.28. The van der Waals surface area contributed by atoms with Gasteiger partial charge < -0.3 is 35.8 Å². The molecule has 0 unspecified atom stereocenters. The maximum absolute atomic E-state index is 10.8. The molecule has 13 heteroatoms.